The summed E-state index contributed by atoms with van der Waals surface area (Å²) in [6, 6.07) is 8.27. The number of carboxylic acids is 1. The quantitative estimate of drug-likeness (QED) is 0.0895. The molecule has 3 rings (SSSR count). The van der Waals surface area contributed by atoms with Gasteiger partial charge in [-0.15, -0.1) is 0 Å². The molecule has 2 aromatic carbocycles. The number of aliphatic carboxylic acids is 1. The van der Waals surface area contributed by atoms with Crippen molar-refractivity contribution in [2.75, 3.05) is 6.54 Å². The Hall–Kier alpha value is -4.95. The van der Waals surface area contributed by atoms with Crippen LogP contribution in [-0.4, -0.2) is 75.5 Å². The lowest BCUT2D eigenvalue weighted by Gasteiger charge is -2.25. The van der Waals surface area contributed by atoms with E-state index in [2.05, 4.69) is 20.9 Å². The van der Waals surface area contributed by atoms with E-state index in [9.17, 15) is 34.2 Å². The van der Waals surface area contributed by atoms with Crippen molar-refractivity contribution >= 4 is 40.5 Å². The fourth-order valence-corrected chi connectivity index (χ4v) is 4.69. The number of nitrogens with one attached hydrogen (secondary N) is 4. The number of H-pyrrole nitrogens is 1. The van der Waals surface area contributed by atoms with Gasteiger partial charge in [-0.1, -0.05) is 30.3 Å². The minimum absolute atomic E-state index is 0.0334. The molecule has 0 saturated carbocycles. The molecule has 0 aliphatic heterocycles. The normalized spacial score (nSPS) is 13.8. The van der Waals surface area contributed by atoms with Crippen LogP contribution in [-0.2, 0) is 36.8 Å². The lowest BCUT2D eigenvalue weighted by atomic mass is 10.0. The second-order valence-corrected chi connectivity index (χ2v) is 10.5. The van der Waals surface area contributed by atoms with Crippen LogP contribution in [0.4, 0.5) is 0 Å². The van der Waals surface area contributed by atoms with E-state index in [4.69, 9.17) is 17.2 Å². The molecule has 0 aliphatic rings. The third kappa shape index (κ3) is 9.81. The van der Waals surface area contributed by atoms with Crippen LogP contribution in [0.25, 0.3) is 10.9 Å². The number of benzene rings is 2. The molecule has 1 aromatic heterocycles. The average molecular weight is 610 g/mol. The molecule has 12 N–H and O–H groups in total. The molecule has 236 valence electrons. The second kappa shape index (κ2) is 16.0. The van der Waals surface area contributed by atoms with Crippen LogP contribution in [0.5, 0.6) is 5.75 Å². The molecule has 0 radical (unpaired) electrons. The fourth-order valence-electron chi connectivity index (χ4n) is 4.69. The number of primary amides is 1. The van der Waals surface area contributed by atoms with Gasteiger partial charge in [0.25, 0.3) is 0 Å². The lowest BCUT2D eigenvalue weighted by molar-refractivity contribution is -0.142. The van der Waals surface area contributed by atoms with E-state index in [1.54, 1.807) is 18.3 Å². The molecular weight excluding hydrogens is 570 g/mol. The van der Waals surface area contributed by atoms with E-state index in [0.717, 1.165) is 10.9 Å². The maximum atomic E-state index is 13.5. The van der Waals surface area contributed by atoms with Crippen molar-refractivity contribution in [2.45, 2.75) is 62.7 Å². The molecule has 14 nitrogen and oxygen atoms in total. The van der Waals surface area contributed by atoms with E-state index in [0.29, 0.717) is 30.5 Å². The van der Waals surface area contributed by atoms with Crippen molar-refractivity contribution in [3.63, 3.8) is 0 Å². The number of carbonyl (C=O) groups is 5. The van der Waals surface area contributed by atoms with Crippen molar-refractivity contribution < 1.29 is 34.2 Å². The van der Waals surface area contributed by atoms with Gasteiger partial charge < -0.3 is 48.3 Å². The van der Waals surface area contributed by atoms with Gasteiger partial charge in [0.15, 0.2) is 0 Å². The highest BCUT2D eigenvalue weighted by atomic mass is 16.4. The third-order valence-corrected chi connectivity index (χ3v) is 7.06. The van der Waals surface area contributed by atoms with Crippen molar-refractivity contribution in [1.82, 2.24) is 20.9 Å². The van der Waals surface area contributed by atoms with Gasteiger partial charge >= 0.3 is 5.97 Å². The summed E-state index contributed by atoms with van der Waals surface area (Å²) in [5, 5.41) is 27.4. The van der Waals surface area contributed by atoms with E-state index < -0.39 is 60.2 Å². The van der Waals surface area contributed by atoms with Gasteiger partial charge in [-0.05, 0) is 61.6 Å². The van der Waals surface area contributed by atoms with Crippen molar-refractivity contribution in [2.24, 2.45) is 17.2 Å². The number of carboxylic acid groups (broad SMARTS) is 1. The molecule has 4 atom stereocenters. The van der Waals surface area contributed by atoms with Crippen LogP contribution in [0.15, 0.2) is 54.7 Å². The maximum Gasteiger partial charge on any atom is 0.326 e. The van der Waals surface area contributed by atoms with Crippen LogP contribution in [0.2, 0.25) is 0 Å². The number of aromatic hydroxyl groups is 1. The van der Waals surface area contributed by atoms with Crippen LogP contribution in [0.1, 0.15) is 36.8 Å². The summed E-state index contributed by atoms with van der Waals surface area (Å²) in [4.78, 5) is 66.6. The fraction of sp³-hybridized carbons (Fsp3) is 0.367. The number of aromatic amines is 1. The first-order valence-electron chi connectivity index (χ1n) is 14.2. The van der Waals surface area contributed by atoms with Gasteiger partial charge in [0.2, 0.25) is 23.6 Å². The number of aromatic nitrogens is 1. The number of carbonyl (C=O) groups excluding carboxylic acids is 4. The summed E-state index contributed by atoms with van der Waals surface area (Å²) in [7, 11) is 0. The van der Waals surface area contributed by atoms with Gasteiger partial charge in [0, 0.05) is 23.5 Å². The summed E-state index contributed by atoms with van der Waals surface area (Å²) >= 11 is 0. The Morgan fingerprint density at radius 2 is 1.45 bits per heavy atom. The van der Waals surface area contributed by atoms with Crippen molar-refractivity contribution in [3.8, 4) is 5.75 Å². The predicted molar refractivity (Wildman–Crippen MR) is 162 cm³/mol. The van der Waals surface area contributed by atoms with Crippen LogP contribution < -0.4 is 33.2 Å². The second-order valence-electron chi connectivity index (χ2n) is 10.5. The number of unbranched alkanes of at least 4 members (excludes halogenated alkanes) is 1. The zero-order valence-electron chi connectivity index (χ0n) is 24.1. The highest BCUT2D eigenvalue weighted by molar-refractivity contribution is 5.96. The van der Waals surface area contributed by atoms with E-state index in [-0.39, 0.29) is 25.0 Å². The molecule has 0 aliphatic carbocycles. The first-order chi connectivity index (χ1) is 21.0. The SMILES string of the molecule is NCCCCC(NC(=O)C(Cc1c[nH]c2ccccc12)NC(=O)C(CC(N)=O)NC(=O)C(N)Cc1ccc(O)cc1)C(=O)O. The van der Waals surface area contributed by atoms with Gasteiger partial charge in [-0.2, -0.15) is 0 Å². The van der Waals surface area contributed by atoms with Crippen LogP contribution in [0, 0.1) is 0 Å². The summed E-state index contributed by atoms with van der Waals surface area (Å²) in [5.41, 5.74) is 19.0. The monoisotopic (exact) mass is 609 g/mol. The molecule has 0 fully saturated rings. The third-order valence-electron chi connectivity index (χ3n) is 7.06. The Bertz CT molecular complexity index is 1460. The zero-order chi connectivity index (χ0) is 32.2. The van der Waals surface area contributed by atoms with Crippen molar-refractivity contribution in [1.29, 1.82) is 0 Å². The molecule has 1 heterocycles. The standard InChI is InChI=1S/C30H39N7O7/c31-12-4-3-7-23(30(43)44)35-28(41)24(14-18-16-34-22-6-2-1-5-20(18)22)37-29(42)25(15-26(33)39)36-27(40)21(32)13-17-8-10-19(38)11-9-17/h1-2,5-6,8-11,16,21,23-25,34,38H,3-4,7,12-15,31-32H2,(H2,33,39)(H,35,41)(H,36,40)(H,37,42)(H,43,44). The Labute approximate surface area is 253 Å². The van der Waals surface area contributed by atoms with E-state index in [1.165, 1.54) is 12.1 Å². The topological polar surface area (TPSA) is 256 Å². The maximum absolute atomic E-state index is 13.5. The number of hydrogen-bond acceptors (Lipinski definition) is 8. The molecule has 0 saturated heterocycles. The lowest BCUT2D eigenvalue weighted by Crippen LogP contribution is -2.58. The summed E-state index contributed by atoms with van der Waals surface area (Å²) in [5.74, 6) is -4.49. The van der Waals surface area contributed by atoms with E-state index in [1.807, 2.05) is 24.3 Å². The van der Waals surface area contributed by atoms with Gasteiger partial charge in [0.05, 0.1) is 12.5 Å². The Morgan fingerprint density at radius 1 is 0.818 bits per heavy atom. The van der Waals surface area contributed by atoms with Crippen molar-refractivity contribution in [3.05, 3.63) is 65.9 Å². The molecule has 3 aromatic rings. The molecule has 0 spiro atoms. The van der Waals surface area contributed by atoms with Gasteiger partial charge in [-0.25, -0.2) is 4.79 Å². The largest absolute Gasteiger partial charge is 0.508 e. The molecule has 4 amide bonds. The van der Waals surface area contributed by atoms with Gasteiger partial charge in [0.1, 0.15) is 23.9 Å². The molecule has 0 bridgehead atoms. The van der Waals surface area contributed by atoms with Crippen LogP contribution >= 0.6 is 0 Å². The summed E-state index contributed by atoms with van der Waals surface area (Å²) in [6.45, 7) is 0.366. The smallest absolute Gasteiger partial charge is 0.326 e. The zero-order valence-corrected chi connectivity index (χ0v) is 24.1. The number of rotatable bonds is 17. The van der Waals surface area contributed by atoms with Crippen LogP contribution in [0.3, 0.4) is 0 Å². The first-order valence-corrected chi connectivity index (χ1v) is 14.2. The van der Waals surface area contributed by atoms with E-state index >= 15 is 0 Å². The predicted octanol–water partition coefficient (Wildman–Crippen LogP) is -0.471. The number of phenolic OH excluding ortho intramolecular Hbond substituents is 1. The van der Waals surface area contributed by atoms with Gasteiger partial charge in [-0.3, -0.25) is 19.2 Å². The molecule has 4 unspecified atom stereocenters. The minimum Gasteiger partial charge on any atom is -0.508 e. The number of amides is 4. The Balaban J connectivity index is 1.80. The minimum atomic E-state index is -1.47. The number of hydrogen-bond donors (Lipinski definition) is 9. The summed E-state index contributed by atoms with van der Waals surface area (Å²) in [6.07, 6.45) is 2.30. The Morgan fingerprint density at radius 3 is 2.11 bits per heavy atom. The highest BCUT2D eigenvalue weighted by Crippen LogP contribution is 2.19. The molecular formula is C30H39N7O7. The molecule has 14 heteroatoms. The number of nitrogens with two attached hydrogens (primary N) is 3. The number of fused-ring (bicyclic) bond motifs is 1. The highest BCUT2D eigenvalue weighted by Gasteiger charge is 2.31. The molecule has 44 heavy (non-hydrogen) atoms. The first kappa shape index (κ1) is 33.6. The number of phenols is 1. The average Bonchev–Trinajstić information content (AvgIpc) is 3.39. The Kier molecular flexibility index (Phi) is 12.2. The number of para-hydroxylation sites is 1. The summed E-state index contributed by atoms with van der Waals surface area (Å²) < 4.78 is 0.